The molecule has 3 rings (SSSR count). The van der Waals surface area contributed by atoms with Crippen LogP contribution >= 0.6 is 0 Å². The molecule has 0 aliphatic rings. The van der Waals surface area contributed by atoms with Crippen LogP contribution in [-0.4, -0.2) is 18.4 Å². The highest BCUT2D eigenvalue weighted by molar-refractivity contribution is 6.39. The topological polar surface area (TPSA) is 67.4 Å². The first-order chi connectivity index (χ1) is 13.6. The molecule has 142 valence electrons. The third kappa shape index (κ3) is 5.41. The molecule has 0 aromatic heterocycles. The van der Waals surface area contributed by atoms with E-state index in [9.17, 15) is 14.0 Å². The van der Waals surface area contributed by atoms with Gasteiger partial charge in [-0.1, -0.05) is 42.5 Å². The average Bonchev–Trinajstić information content (AvgIpc) is 2.71. The van der Waals surface area contributed by atoms with Crippen molar-refractivity contribution in [2.75, 3.05) is 11.9 Å². The first-order valence-corrected chi connectivity index (χ1v) is 8.77. The van der Waals surface area contributed by atoms with E-state index in [2.05, 4.69) is 10.6 Å². The second-order valence-corrected chi connectivity index (χ2v) is 6.00. The van der Waals surface area contributed by atoms with Gasteiger partial charge in [-0.3, -0.25) is 9.59 Å². The number of benzene rings is 3. The Kier molecular flexibility index (Phi) is 6.36. The van der Waals surface area contributed by atoms with E-state index in [0.29, 0.717) is 23.6 Å². The third-order valence-corrected chi connectivity index (χ3v) is 3.92. The monoisotopic (exact) mass is 378 g/mol. The Labute approximate surface area is 162 Å². The maximum Gasteiger partial charge on any atom is 0.313 e. The Balaban J connectivity index is 1.55. The Bertz CT molecular complexity index is 944. The van der Waals surface area contributed by atoms with Gasteiger partial charge in [0.15, 0.2) is 5.75 Å². The lowest BCUT2D eigenvalue weighted by Crippen LogP contribution is -2.36. The summed E-state index contributed by atoms with van der Waals surface area (Å²) in [5.41, 5.74) is 1.26. The van der Waals surface area contributed by atoms with Crippen molar-refractivity contribution >= 4 is 17.5 Å². The number of rotatable bonds is 6. The van der Waals surface area contributed by atoms with Crippen LogP contribution in [0.25, 0.3) is 0 Å². The van der Waals surface area contributed by atoms with Gasteiger partial charge < -0.3 is 15.4 Å². The van der Waals surface area contributed by atoms with Crippen molar-refractivity contribution in [1.82, 2.24) is 5.32 Å². The van der Waals surface area contributed by atoms with E-state index >= 15 is 0 Å². The zero-order chi connectivity index (χ0) is 19.8. The van der Waals surface area contributed by atoms with Gasteiger partial charge in [0, 0.05) is 6.54 Å². The maximum absolute atomic E-state index is 12.9. The molecule has 3 aromatic rings. The van der Waals surface area contributed by atoms with Gasteiger partial charge in [-0.2, -0.15) is 0 Å². The van der Waals surface area contributed by atoms with Crippen molar-refractivity contribution in [2.24, 2.45) is 0 Å². The molecule has 0 atom stereocenters. The molecule has 0 radical (unpaired) electrons. The Hall–Kier alpha value is -3.67. The van der Waals surface area contributed by atoms with Crippen molar-refractivity contribution in [3.8, 4) is 11.5 Å². The van der Waals surface area contributed by atoms with Crippen LogP contribution in [0, 0.1) is 5.82 Å². The standard InChI is InChI=1S/C22H19FN2O3/c23-17-12-10-16(11-13-17)14-15-24-21(26)22(27)25-19-8-4-5-9-20(19)28-18-6-2-1-3-7-18/h1-13H,14-15H2,(H,24,26)(H,25,27). The van der Waals surface area contributed by atoms with Gasteiger partial charge in [-0.05, 0) is 48.4 Å². The summed E-state index contributed by atoms with van der Waals surface area (Å²) in [6, 6.07) is 22.0. The first-order valence-electron chi connectivity index (χ1n) is 8.77. The minimum atomic E-state index is -0.789. The number of carbonyl (C=O) groups is 2. The van der Waals surface area contributed by atoms with Crippen LogP contribution in [0.2, 0.25) is 0 Å². The summed E-state index contributed by atoms with van der Waals surface area (Å²) in [7, 11) is 0. The Morgan fingerprint density at radius 3 is 2.25 bits per heavy atom. The largest absolute Gasteiger partial charge is 0.455 e. The normalized spacial score (nSPS) is 10.2. The summed E-state index contributed by atoms with van der Waals surface area (Å²) in [5.74, 6) is -0.808. The number of carbonyl (C=O) groups excluding carboxylic acids is 2. The number of para-hydroxylation sites is 3. The van der Waals surface area contributed by atoms with Crippen LogP contribution in [0.15, 0.2) is 78.9 Å². The molecule has 0 saturated carbocycles. The molecule has 0 aliphatic heterocycles. The summed E-state index contributed by atoms with van der Waals surface area (Å²) < 4.78 is 18.6. The SMILES string of the molecule is O=C(NCCc1ccc(F)cc1)C(=O)Nc1ccccc1Oc1ccccc1. The zero-order valence-corrected chi connectivity index (χ0v) is 15.0. The van der Waals surface area contributed by atoms with E-state index < -0.39 is 11.8 Å². The smallest absolute Gasteiger partial charge is 0.313 e. The first kappa shape index (κ1) is 19.1. The molecule has 0 unspecified atom stereocenters. The molecule has 0 heterocycles. The van der Waals surface area contributed by atoms with Crippen molar-refractivity contribution in [2.45, 2.75) is 6.42 Å². The molecule has 5 nitrogen and oxygen atoms in total. The molecular formula is C22H19FN2O3. The third-order valence-electron chi connectivity index (χ3n) is 3.92. The fourth-order valence-corrected chi connectivity index (χ4v) is 2.51. The van der Waals surface area contributed by atoms with Crippen LogP contribution in [0.3, 0.4) is 0 Å². The predicted molar refractivity (Wildman–Crippen MR) is 105 cm³/mol. The van der Waals surface area contributed by atoms with Gasteiger partial charge in [-0.15, -0.1) is 0 Å². The van der Waals surface area contributed by atoms with Crippen LogP contribution in [-0.2, 0) is 16.0 Å². The highest BCUT2D eigenvalue weighted by atomic mass is 19.1. The molecule has 3 aromatic carbocycles. The second-order valence-electron chi connectivity index (χ2n) is 6.00. The molecular weight excluding hydrogens is 359 g/mol. The minimum Gasteiger partial charge on any atom is -0.455 e. The van der Waals surface area contributed by atoms with Gasteiger partial charge in [0.1, 0.15) is 11.6 Å². The van der Waals surface area contributed by atoms with Crippen LogP contribution in [0.4, 0.5) is 10.1 Å². The van der Waals surface area contributed by atoms with Gasteiger partial charge in [0.2, 0.25) is 0 Å². The number of amides is 2. The molecule has 28 heavy (non-hydrogen) atoms. The molecule has 0 saturated heterocycles. The highest BCUT2D eigenvalue weighted by Gasteiger charge is 2.15. The number of hydrogen-bond acceptors (Lipinski definition) is 3. The number of ether oxygens (including phenoxy) is 1. The van der Waals surface area contributed by atoms with E-state index in [1.54, 1.807) is 48.5 Å². The second kappa shape index (κ2) is 9.32. The molecule has 2 N–H and O–H groups in total. The lowest BCUT2D eigenvalue weighted by molar-refractivity contribution is -0.136. The molecule has 6 heteroatoms. The van der Waals surface area contributed by atoms with Crippen molar-refractivity contribution in [3.63, 3.8) is 0 Å². The maximum atomic E-state index is 12.9. The fourth-order valence-electron chi connectivity index (χ4n) is 2.51. The Morgan fingerprint density at radius 1 is 0.821 bits per heavy atom. The van der Waals surface area contributed by atoms with Gasteiger partial charge >= 0.3 is 11.8 Å². The average molecular weight is 378 g/mol. The zero-order valence-electron chi connectivity index (χ0n) is 15.0. The number of halogens is 1. The molecule has 0 fully saturated rings. The van der Waals surface area contributed by atoms with E-state index in [4.69, 9.17) is 4.74 Å². The van der Waals surface area contributed by atoms with Gasteiger partial charge in [0.25, 0.3) is 0 Å². The quantitative estimate of drug-likeness (QED) is 0.639. The lowest BCUT2D eigenvalue weighted by Gasteiger charge is -2.12. The van der Waals surface area contributed by atoms with E-state index in [-0.39, 0.29) is 12.4 Å². The van der Waals surface area contributed by atoms with E-state index in [1.807, 2.05) is 18.2 Å². The van der Waals surface area contributed by atoms with Crippen LogP contribution in [0.1, 0.15) is 5.56 Å². The van der Waals surface area contributed by atoms with Gasteiger partial charge in [0.05, 0.1) is 5.69 Å². The van der Waals surface area contributed by atoms with Crippen molar-refractivity contribution < 1.29 is 18.7 Å². The predicted octanol–water partition coefficient (Wildman–Crippen LogP) is 3.92. The minimum absolute atomic E-state index is 0.264. The molecule has 2 amide bonds. The van der Waals surface area contributed by atoms with Crippen molar-refractivity contribution in [1.29, 1.82) is 0 Å². The number of anilines is 1. The number of hydrogen-bond donors (Lipinski definition) is 2. The fraction of sp³-hybridized carbons (Fsp3) is 0.0909. The summed E-state index contributed by atoms with van der Waals surface area (Å²) in [6.07, 6.45) is 0.493. The summed E-state index contributed by atoms with van der Waals surface area (Å²) in [5, 5.41) is 5.11. The lowest BCUT2D eigenvalue weighted by atomic mass is 10.1. The highest BCUT2D eigenvalue weighted by Crippen LogP contribution is 2.28. The van der Waals surface area contributed by atoms with Crippen molar-refractivity contribution in [3.05, 3.63) is 90.2 Å². The number of nitrogens with one attached hydrogen (secondary N) is 2. The summed E-state index contributed by atoms with van der Waals surface area (Å²) in [4.78, 5) is 24.2. The molecule has 0 aliphatic carbocycles. The van der Waals surface area contributed by atoms with E-state index in [1.165, 1.54) is 12.1 Å². The summed E-state index contributed by atoms with van der Waals surface area (Å²) in [6.45, 7) is 0.264. The summed E-state index contributed by atoms with van der Waals surface area (Å²) >= 11 is 0. The van der Waals surface area contributed by atoms with Crippen LogP contribution in [0.5, 0.6) is 11.5 Å². The molecule has 0 bridgehead atoms. The van der Waals surface area contributed by atoms with Crippen LogP contribution < -0.4 is 15.4 Å². The van der Waals surface area contributed by atoms with Gasteiger partial charge in [-0.25, -0.2) is 4.39 Å². The Morgan fingerprint density at radius 2 is 1.50 bits per heavy atom. The van der Waals surface area contributed by atoms with E-state index in [0.717, 1.165) is 5.56 Å². The molecule has 0 spiro atoms.